The number of alkyl halides is 2. The summed E-state index contributed by atoms with van der Waals surface area (Å²) in [5.41, 5.74) is 3.12. The minimum absolute atomic E-state index is 0.155. The maximum absolute atomic E-state index is 12.4. The van der Waals surface area contributed by atoms with Crippen molar-refractivity contribution in [3.8, 4) is 0 Å². The monoisotopic (exact) mass is 351 g/mol. The van der Waals surface area contributed by atoms with E-state index in [1.807, 2.05) is 5.43 Å². The molecule has 8 heteroatoms. The van der Waals surface area contributed by atoms with Gasteiger partial charge in [-0.05, 0) is 17.7 Å². The van der Waals surface area contributed by atoms with Crippen molar-refractivity contribution < 1.29 is 18.7 Å². The number of halogens is 3. The number of hydrogen-bond donors (Lipinski definition) is 3. The summed E-state index contributed by atoms with van der Waals surface area (Å²) in [6.07, 6.45) is -2.47. The second-order valence-electron chi connectivity index (χ2n) is 4.13. The number of nitrogens with one attached hydrogen (secondary N) is 1. The molecule has 1 aromatic rings. The Bertz CT molecular complexity index is 460. The van der Waals surface area contributed by atoms with Crippen LogP contribution in [0.1, 0.15) is 15.9 Å². The molecule has 0 aliphatic carbocycles. The lowest BCUT2D eigenvalue weighted by Gasteiger charge is -2.21. The van der Waals surface area contributed by atoms with Crippen LogP contribution in [0.25, 0.3) is 0 Å². The molecular formula is C12H16BrF2N3O2. The molecule has 0 unspecified atom stereocenters. The van der Waals surface area contributed by atoms with E-state index in [2.05, 4.69) is 15.9 Å². The predicted octanol–water partition coefficient (Wildman–Crippen LogP) is 1.11. The highest BCUT2D eigenvalue weighted by Crippen LogP contribution is 2.20. The number of hydrazine groups is 1. The minimum atomic E-state index is -2.47. The molecule has 20 heavy (non-hydrogen) atoms. The summed E-state index contributed by atoms with van der Waals surface area (Å²) in [5.74, 6) is 4.60. The molecule has 1 aromatic carbocycles. The van der Waals surface area contributed by atoms with Crippen molar-refractivity contribution in [2.24, 2.45) is 5.84 Å². The van der Waals surface area contributed by atoms with Gasteiger partial charge in [-0.3, -0.25) is 15.1 Å². The normalized spacial score (nSPS) is 11.2. The van der Waals surface area contributed by atoms with Crippen LogP contribution < -0.4 is 11.3 Å². The lowest BCUT2D eigenvalue weighted by Crippen LogP contribution is -2.31. The Morgan fingerprint density at radius 3 is 2.70 bits per heavy atom. The van der Waals surface area contributed by atoms with Gasteiger partial charge in [0.15, 0.2) is 0 Å². The van der Waals surface area contributed by atoms with Gasteiger partial charge in [-0.25, -0.2) is 14.6 Å². The first kappa shape index (κ1) is 17.0. The molecule has 0 atom stereocenters. The number of aliphatic hydroxyl groups is 1. The molecule has 1 amide bonds. The van der Waals surface area contributed by atoms with Crippen molar-refractivity contribution in [3.63, 3.8) is 0 Å². The van der Waals surface area contributed by atoms with Crippen molar-refractivity contribution in [1.82, 2.24) is 10.3 Å². The first-order valence-electron chi connectivity index (χ1n) is 5.88. The van der Waals surface area contributed by atoms with Crippen LogP contribution in [-0.2, 0) is 6.54 Å². The number of aliphatic hydroxyl groups excluding tert-OH is 1. The number of amides is 1. The number of nitrogens with two attached hydrogens (primary N) is 1. The highest BCUT2D eigenvalue weighted by Gasteiger charge is 2.14. The van der Waals surface area contributed by atoms with Gasteiger partial charge < -0.3 is 5.11 Å². The van der Waals surface area contributed by atoms with Crippen molar-refractivity contribution in [2.45, 2.75) is 13.0 Å². The van der Waals surface area contributed by atoms with E-state index in [0.717, 1.165) is 5.56 Å². The number of hydrogen-bond acceptors (Lipinski definition) is 4. The number of carbonyl (C=O) groups is 1. The van der Waals surface area contributed by atoms with Crippen molar-refractivity contribution in [3.05, 3.63) is 33.8 Å². The number of nitrogen functional groups attached to an aromatic ring is 1. The Morgan fingerprint density at radius 2 is 2.20 bits per heavy atom. The Labute approximate surface area is 123 Å². The summed E-state index contributed by atoms with van der Waals surface area (Å²) in [5, 5.41) is 8.88. The van der Waals surface area contributed by atoms with Crippen LogP contribution in [0.3, 0.4) is 0 Å². The van der Waals surface area contributed by atoms with Gasteiger partial charge in [0.1, 0.15) is 0 Å². The van der Waals surface area contributed by atoms with E-state index in [9.17, 15) is 13.6 Å². The van der Waals surface area contributed by atoms with Gasteiger partial charge in [0, 0.05) is 23.1 Å². The van der Waals surface area contributed by atoms with Crippen molar-refractivity contribution in [2.75, 3.05) is 19.7 Å². The maximum atomic E-state index is 12.4. The summed E-state index contributed by atoms with van der Waals surface area (Å²) < 4.78 is 25.5. The Morgan fingerprint density at radius 1 is 1.50 bits per heavy atom. The number of rotatable bonds is 7. The molecule has 0 fully saturated rings. The molecule has 5 nitrogen and oxygen atoms in total. The average molecular weight is 352 g/mol. The smallest absolute Gasteiger partial charge is 0.265 e. The van der Waals surface area contributed by atoms with E-state index < -0.39 is 18.9 Å². The second-order valence-corrected chi connectivity index (χ2v) is 4.98. The first-order valence-corrected chi connectivity index (χ1v) is 6.68. The van der Waals surface area contributed by atoms with Crippen LogP contribution >= 0.6 is 15.9 Å². The lowest BCUT2D eigenvalue weighted by molar-refractivity contribution is 0.0745. The molecule has 4 N–H and O–H groups in total. The SMILES string of the molecule is NNC(=O)c1ccc(CN(CCO)CC(F)F)c(Br)c1. The van der Waals surface area contributed by atoms with Crippen LogP contribution in [0.2, 0.25) is 0 Å². The molecule has 112 valence electrons. The predicted molar refractivity (Wildman–Crippen MR) is 74.2 cm³/mol. The Kier molecular flexibility index (Phi) is 7.00. The van der Waals surface area contributed by atoms with Gasteiger partial charge >= 0.3 is 0 Å². The van der Waals surface area contributed by atoms with Gasteiger partial charge in [0.05, 0.1) is 13.2 Å². The van der Waals surface area contributed by atoms with Crippen LogP contribution in [0.5, 0.6) is 0 Å². The van der Waals surface area contributed by atoms with Gasteiger partial charge in [-0.1, -0.05) is 22.0 Å². The van der Waals surface area contributed by atoms with E-state index in [0.29, 0.717) is 10.0 Å². The van der Waals surface area contributed by atoms with Crippen molar-refractivity contribution in [1.29, 1.82) is 0 Å². The summed E-state index contributed by atoms with van der Waals surface area (Å²) in [6, 6.07) is 4.78. The third-order valence-electron chi connectivity index (χ3n) is 2.65. The highest BCUT2D eigenvalue weighted by atomic mass is 79.9. The standard InChI is InChI=1S/C12H16BrF2N3O2/c13-10-5-8(12(20)17-16)1-2-9(10)6-18(3-4-19)7-11(14)15/h1-2,5,11,19H,3-4,6-7,16H2,(H,17,20). The van der Waals surface area contributed by atoms with Crippen LogP contribution in [-0.4, -0.2) is 42.0 Å². The van der Waals surface area contributed by atoms with Crippen molar-refractivity contribution >= 4 is 21.8 Å². The molecular weight excluding hydrogens is 336 g/mol. The van der Waals surface area contributed by atoms with Gasteiger partial charge in [-0.2, -0.15) is 0 Å². The van der Waals surface area contributed by atoms with E-state index in [1.54, 1.807) is 18.2 Å². The highest BCUT2D eigenvalue weighted by molar-refractivity contribution is 9.10. The summed E-state index contributed by atoms with van der Waals surface area (Å²) in [4.78, 5) is 12.8. The first-order chi connectivity index (χ1) is 9.47. The number of benzene rings is 1. The molecule has 0 saturated heterocycles. The zero-order valence-corrected chi connectivity index (χ0v) is 12.2. The minimum Gasteiger partial charge on any atom is -0.395 e. The number of nitrogens with zero attached hydrogens (tertiary/aromatic N) is 1. The third-order valence-corrected chi connectivity index (χ3v) is 3.39. The Balaban J connectivity index is 2.82. The van der Waals surface area contributed by atoms with E-state index in [1.165, 1.54) is 4.90 Å². The fourth-order valence-corrected chi connectivity index (χ4v) is 2.22. The third kappa shape index (κ3) is 5.12. The fraction of sp³-hybridized carbons (Fsp3) is 0.417. The molecule has 0 bridgehead atoms. The summed E-state index contributed by atoms with van der Waals surface area (Å²) >= 11 is 3.29. The topological polar surface area (TPSA) is 78.6 Å². The molecule has 1 rings (SSSR count). The van der Waals surface area contributed by atoms with E-state index in [-0.39, 0.29) is 19.7 Å². The number of carbonyl (C=O) groups excluding carboxylic acids is 1. The molecule has 0 spiro atoms. The maximum Gasteiger partial charge on any atom is 0.265 e. The van der Waals surface area contributed by atoms with Gasteiger partial charge in [0.25, 0.3) is 12.3 Å². The lowest BCUT2D eigenvalue weighted by atomic mass is 10.1. The molecule has 0 radical (unpaired) electrons. The zero-order valence-electron chi connectivity index (χ0n) is 10.7. The molecule has 0 aromatic heterocycles. The van der Waals surface area contributed by atoms with Gasteiger partial charge in [-0.15, -0.1) is 0 Å². The molecule has 0 aliphatic heterocycles. The average Bonchev–Trinajstić information content (AvgIpc) is 2.39. The summed E-state index contributed by atoms with van der Waals surface area (Å²) in [6.45, 7) is -0.214. The van der Waals surface area contributed by atoms with Crippen LogP contribution in [0.4, 0.5) is 8.78 Å². The van der Waals surface area contributed by atoms with Crippen LogP contribution in [0.15, 0.2) is 22.7 Å². The second kappa shape index (κ2) is 8.25. The van der Waals surface area contributed by atoms with E-state index >= 15 is 0 Å². The quantitative estimate of drug-likeness (QED) is 0.390. The zero-order chi connectivity index (χ0) is 15.1. The fourth-order valence-electron chi connectivity index (χ4n) is 1.71. The van der Waals surface area contributed by atoms with Crippen LogP contribution in [0, 0.1) is 0 Å². The largest absolute Gasteiger partial charge is 0.395 e. The molecule has 0 saturated carbocycles. The Hall–Kier alpha value is -1.09. The van der Waals surface area contributed by atoms with Gasteiger partial charge in [0.2, 0.25) is 0 Å². The molecule has 0 aliphatic rings. The van der Waals surface area contributed by atoms with E-state index in [4.69, 9.17) is 10.9 Å². The molecule has 0 heterocycles. The summed E-state index contributed by atoms with van der Waals surface area (Å²) in [7, 11) is 0.